The molecule has 3 heteroatoms. The van der Waals surface area contributed by atoms with Gasteiger partial charge in [0.05, 0.1) is 6.61 Å². The van der Waals surface area contributed by atoms with E-state index in [9.17, 15) is 5.11 Å². The number of hydrogen-bond acceptors (Lipinski definition) is 3. The first kappa shape index (κ1) is 10.8. The number of aromatic nitrogens is 1. The third-order valence-corrected chi connectivity index (χ3v) is 4.23. The van der Waals surface area contributed by atoms with Crippen LogP contribution in [0.3, 0.4) is 0 Å². The Hall–Kier alpha value is -1.35. The molecule has 1 fully saturated rings. The number of hydrogen-bond donors (Lipinski definition) is 1. The first-order valence-electron chi connectivity index (χ1n) is 5.97. The van der Waals surface area contributed by atoms with Crippen molar-refractivity contribution in [3.8, 4) is 0 Å². The number of aryl methyl sites for hydroxylation is 1. The summed E-state index contributed by atoms with van der Waals surface area (Å²) in [7, 11) is 0. The van der Waals surface area contributed by atoms with Gasteiger partial charge in [0.1, 0.15) is 5.52 Å². The fraction of sp³-hybridized carbons (Fsp3) is 0.500. The quantitative estimate of drug-likeness (QED) is 0.864. The lowest BCUT2D eigenvalue weighted by Gasteiger charge is -2.17. The summed E-state index contributed by atoms with van der Waals surface area (Å²) in [4.78, 5) is 4.29. The van der Waals surface area contributed by atoms with Crippen molar-refractivity contribution in [2.45, 2.75) is 32.6 Å². The first-order chi connectivity index (χ1) is 7.98. The summed E-state index contributed by atoms with van der Waals surface area (Å²) in [6.07, 6.45) is 1.02. The molecule has 3 nitrogen and oxygen atoms in total. The predicted molar refractivity (Wildman–Crippen MR) is 65.9 cm³/mol. The van der Waals surface area contributed by atoms with E-state index in [0.29, 0.717) is 5.89 Å². The Bertz CT molecular complexity index is 585. The summed E-state index contributed by atoms with van der Waals surface area (Å²) >= 11 is 0. The molecular formula is C14H17NO2. The molecule has 1 N–H and O–H groups in total. The molecule has 1 heterocycles. The molecule has 1 aromatic heterocycles. The van der Waals surface area contributed by atoms with Crippen molar-refractivity contribution >= 4 is 11.1 Å². The number of oxazole rings is 1. The Morgan fingerprint density at radius 3 is 2.71 bits per heavy atom. The molecule has 0 bridgehead atoms. The molecule has 0 saturated heterocycles. The number of benzene rings is 1. The molecule has 1 unspecified atom stereocenters. The van der Waals surface area contributed by atoms with Crippen molar-refractivity contribution in [3.63, 3.8) is 0 Å². The summed E-state index contributed by atoms with van der Waals surface area (Å²) in [5, 5.41) is 9.68. The highest BCUT2D eigenvalue weighted by Crippen LogP contribution is 2.64. The van der Waals surface area contributed by atoms with Crippen LogP contribution in [0.4, 0.5) is 0 Å². The van der Waals surface area contributed by atoms with Gasteiger partial charge >= 0.3 is 0 Å². The zero-order valence-electron chi connectivity index (χ0n) is 10.4. The van der Waals surface area contributed by atoms with Crippen LogP contribution in [-0.4, -0.2) is 16.7 Å². The van der Waals surface area contributed by atoms with Crippen LogP contribution < -0.4 is 0 Å². The summed E-state index contributed by atoms with van der Waals surface area (Å²) in [6.45, 7) is 6.43. The molecule has 0 radical (unpaired) electrons. The SMILES string of the molecule is Cc1nc2ccc(C3(CO)CC3(C)C)cc2o1. The van der Waals surface area contributed by atoms with Gasteiger partial charge in [-0.2, -0.15) is 0 Å². The largest absolute Gasteiger partial charge is 0.441 e. The Kier molecular flexibility index (Phi) is 1.97. The molecule has 1 aromatic carbocycles. The predicted octanol–water partition coefficient (Wildman–Crippen LogP) is 2.80. The van der Waals surface area contributed by atoms with Gasteiger partial charge in [-0.25, -0.2) is 4.98 Å². The average Bonchev–Trinajstić information content (AvgIpc) is 2.65. The molecule has 90 valence electrons. The van der Waals surface area contributed by atoms with Crippen molar-refractivity contribution in [1.29, 1.82) is 0 Å². The Morgan fingerprint density at radius 1 is 1.41 bits per heavy atom. The van der Waals surface area contributed by atoms with E-state index >= 15 is 0 Å². The number of fused-ring (bicyclic) bond motifs is 1. The van der Waals surface area contributed by atoms with Crippen molar-refractivity contribution < 1.29 is 9.52 Å². The Morgan fingerprint density at radius 2 is 2.12 bits per heavy atom. The van der Waals surface area contributed by atoms with Crippen LogP contribution in [0, 0.1) is 12.3 Å². The highest BCUT2D eigenvalue weighted by Gasteiger charge is 2.61. The molecule has 1 aliphatic rings. The van der Waals surface area contributed by atoms with Gasteiger partial charge in [0, 0.05) is 12.3 Å². The van der Waals surface area contributed by atoms with Crippen LogP contribution in [-0.2, 0) is 5.41 Å². The fourth-order valence-corrected chi connectivity index (χ4v) is 2.90. The number of aliphatic hydroxyl groups excluding tert-OH is 1. The van der Waals surface area contributed by atoms with Gasteiger partial charge < -0.3 is 9.52 Å². The second kappa shape index (κ2) is 3.10. The number of aliphatic hydroxyl groups is 1. The molecule has 2 aromatic rings. The van der Waals surface area contributed by atoms with Crippen LogP contribution in [0.1, 0.15) is 31.7 Å². The summed E-state index contributed by atoms with van der Waals surface area (Å²) in [5.41, 5.74) is 2.94. The molecule has 1 aliphatic carbocycles. The molecule has 3 rings (SSSR count). The second-order valence-electron chi connectivity index (χ2n) is 5.72. The van der Waals surface area contributed by atoms with Crippen LogP contribution in [0.2, 0.25) is 0 Å². The normalized spacial score (nSPS) is 26.4. The van der Waals surface area contributed by atoms with Gasteiger partial charge in [0.15, 0.2) is 11.5 Å². The van der Waals surface area contributed by atoms with Crippen LogP contribution in [0.25, 0.3) is 11.1 Å². The lowest BCUT2D eigenvalue weighted by atomic mass is 9.88. The highest BCUT2D eigenvalue weighted by molar-refractivity contribution is 5.74. The number of rotatable bonds is 2. The van der Waals surface area contributed by atoms with Crippen LogP contribution in [0.15, 0.2) is 22.6 Å². The average molecular weight is 231 g/mol. The maximum Gasteiger partial charge on any atom is 0.192 e. The van der Waals surface area contributed by atoms with Crippen molar-refractivity contribution in [1.82, 2.24) is 4.98 Å². The van der Waals surface area contributed by atoms with Crippen molar-refractivity contribution in [2.24, 2.45) is 5.41 Å². The van der Waals surface area contributed by atoms with E-state index in [2.05, 4.69) is 24.9 Å². The summed E-state index contributed by atoms with van der Waals surface area (Å²) < 4.78 is 5.55. The van der Waals surface area contributed by atoms with E-state index in [4.69, 9.17) is 4.42 Å². The summed E-state index contributed by atoms with van der Waals surface area (Å²) in [5.74, 6) is 0.685. The van der Waals surface area contributed by atoms with E-state index in [1.807, 2.05) is 19.1 Å². The lowest BCUT2D eigenvalue weighted by molar-refractivity contribution is 0.231. The zero-order chi connectivity index (χ0) is 12.3. The van der Waals surface area contributed by atoms with Gasteiger partial charge in [-0.1, -0.05) is 19.9 Å². The van der Waals surface area contributed by atoms with Crippen molar-refractivity contribution in [2.75, 3.05) is 6.61 Å². The molecular weight excluding hydrogens is 214 g/mol. The Balaban J connectivity index is 2.12. The Labute approximate surface area is 100 Å². The molecule has 1 saturated carbocycles. The van der Waals surface area contributed by atoms with Gasteiger partial charge in [-0.15, -0.1) is 0 Å². The van der Waals surface area contributed by atoms with Crippen molar-refractivity contribution in [3.05, 3.63) is 29.7 Å². The van der Waals surface area contributed by atoms with E-state index in [1.54, 1.807) is 0 Å². The van der Waals surface area contributed by atoms with Gasteiger partial charge in [-0.05, 0) is 29.5 Å². The van der Waals surface area contributed by atoms with E-state index in [-0.39, 0.29) is 17.4 Å². The van der Waals surface area contributed by atoms with Gasteiger partial charge in [-0.3, -0.25) is 0 Å². The van der Waals surface area contributed by atoms with Gasteiger partial charge in [0.25, 0.3) is 0 Å². The second-order valence-corrected chi connectivity index (χ2v) is 5.72. The first-order valence-corrected chi connectivity index (χ1v) is 5.97. The lowest BCUT2D eigenvalue weighted by Crippen LogP contribution is -2.19. The van der Waals surface area contributed by atoms with E-state index in [0.717, 1.165) is 23.1 Å². The smallest absolute Gasteiger partial charge is 0.192 e. The number of nitrogens with zero attached hydrogens (tertiary/aromatic N) is 1. The zero-order valence-corrected chi connectivity index (χ0v) is 10.4. The highest BCUT2D eigenvalue weighted by atomic mass is 16.3. The topological polar surface area (TPSA) is 46.3 Å². The minimum Gasteiger partial charge on any atom is -0.441 e. The molecule has 0 spiro atoms. The fourth-order valence-electron chi connectivity index (χ4n) is 2.90. The molecule has 1 atom stereocenters. The van der Waals surface area contributed by atoms with E-state index < -0.39 is 0 Å². The van der Waals surface area contributed by atoms with Crippen LogP contribution >= 0.6 is 0 Å². The summed E-state index contributed by atoms with van der Waals surface area (Å²) in [6, 6.07) is 6.07. The molecule has 17 heavy (non-hydrogen) atoms. The van der Waals surface area contributed by atoms with E-state index in [1.165, 1.54) is 0 Å². The maximum absolute atomic E-state index is 9.68. The molecule has 0 aliphatic heterocycles. The third-order valence-electron chi connectivity index (χ3n) is 4.23. The minimum absolute atomic E-state index is 0.0954. The standard InChI is InChI=1S/C14H17NO2/c1-9-15-11-5-4-10(6-12(11)17-9)14(8-16)7-13(14,2)3/h4-6,16H,7-8H2,1-3H3. The monoisotopic (exact) mass is 231 g/mol. The van der Waals surface area contributed by atoms with Gasteiger partial charge in [0.2, 0.25) is 0 Å². The third kappa shape index (κ3) is 1.35. The maximum atomic E-state index is 9.68. The minimum atomic E-state index is -0.0954. The molecule has 0 amide bonds. The van der Waals surface area contributed by atoms with Crippen LogP contribution in [0.5, 0.6) is 0 Å².